The summed E-state index contributed by atoms with van der Waals surface area (Å²) in [5.74, 6) is 3.08. The van der Waals surface area contributed by atoms with Gasteiger partial charge in [-0.1, -0.05) is 27.2 Å². The summed E-state index contributed by atoms with van der Waals surface area (Å²) in [5, 5.41) is 0. The van der Waals surface area contributed by atoms with Crippen molar-refractivity contribution >= 4 is 0 Å². The van der Waals surface area contributed by atoms with Gasteiger partial charge in [0.1, 0.15) is 0 Å². The highest BCUT2D eigenvalue weighted by atomic mass is 14.6. The van der Waals surface area contributed by atoms with Crippen molar-refractivity contribution in [2.75, 3.05) is 0 Å². The fourth-order valence-corrected chi connectivity index (χ4v) is 3.14. The summed E-state index contributed by atoms with van der Waals surface area (Å²) in [7, 11) is 0. The highest BCUT2D eigenvalue weighted by Gasteiger charge is 2.57. The van der Waals surface area contributed by atoms with Gasteiger partial charge in [-0.2, -0.15) is 0 Å². The molecule has 0 saturated heterocycles. The zero-order chi connectivity index (χ0) is 8.06. The van der Waals surface area contributed by atoms with Gasteiger partial charge in [-0.3, -0.25) is 0 Å². The predicted molar refractivity (Wildman–Crippen MR) is 48.4 cm³/mol. The van der Waals surface area contributed by atoms with Gasteiger partial charge in [-0.25, -0.2) is 0 Å². The normalized spacial score (nSPS) is 49.1. The van der Waals surface area contributed by atoms with Crippen molar-refractivity contribution in [3.8, 4) is 0 Å². The molecule has 2 saturated carbocycles. The van der Waals surface area contributed by atoms with Crippen molar-refractivity contribution in [3.63, 3.8) is 0 Å². The molecular formula is C11H20. The minimum atomic E-state index is 0.826. The van der Waals surface area contributed by atoms with E-state index in [2.05, 4.69) is 20.8 Å². The van der Waals surface area contributed by atoms with Crippen LogP contribution < -0.4 is 0 Å². The lowest BCUT2D eigenvalue weighted by molar-refractivity contribution is 0.215. The topological polar surface area (TPSA) is 0 Å². The van der Waals surface area contributed by atoms with E-state index in [0.717, 1.165) is 23.2 Å². The van der Waals surface area contributed by atoms with Crippen LogP contribution in [0.2, 0.25) is 0 Å². The molecule has 0 nitrogen and oxygen atoms in total. The maximum absolute atomic E-state index is 2.42. The second-order valence-corrected chi connectivity index (χ2v) is 5.17. The lowest BCUT2D eigenvalue weighted by Crippen LogP contribution is -2.19. The molecule has 2 rings (SSSR count). The lowest BCUT2D eigenvalue weighted by atomic mass is 9.77. The zero-order valence-corrected chi connectivity index (χ0v) is 8.06. The monoisotopic (exact) mass is 152 g/mol. The van der Waals surface area contributed by atoms with Gasteiger partial charge in [-0.15, -0.1) is 0 Å². The molecule has 0 heteroatoms. The Morgan fingerprint density at radius 1 is 1.36 bits per heavy atom. The third kappa shape index (κ3) is 1.02. The van der Waals surface area contributed by atoms with E-state index in [-0.39, 0.29) is 0 Å². The summed E-state index contributed by atoms with van der Waals surface area (Å²) in [6, 6.07) is 0. The van der Waals surface area contributed by atoms with Crippen molar-refractivity contribution in [1.29, 1.82) is 0 Å². The van der Waals surface area contributed by atoms with Crippen LogP contribution in [0.15, 0.2) is 0 Å². The average molecular weight is 152 g/mol. The molecular weight excluding hydrogens is 132 g/mol. The molecule has 0 unspecified atom stereocenters. The van der Waals surface area contributed by atoms with E-state index in [1.54, 1.807) is 6.42 Å². The van der Waals surface area contributed by atoms with E-state index >= 15 is 0 Å². The Hall–Kier alpha value is 0. The number of hydrogen-bond acceptors (Lipinski definition) is 0. The quantitative estimate of drug-likeness (QED) is 0.539. The van der Waals surface area contributed by atoms with Crippen LogP contribution >= 0.6 is 0 Å². The Bertz CT molecular complexity index is 159. The van der Waals surface area contributed by atoms with Gasteiger partial charge in [0, 0.05) is 0 Å². The SMILES string of the molecule is CC(C)[C@]12CC[C@H](C)C[C@H]1C2. The minimum Gasteiger partial charge on any atom is -0.0625 e. The predicted octanol–water partition coefficient (Wildman–Crippen LogP) is 3.47. The van der Waals surface area contributed by atoms with Crippen LogP contribution in [0.5, 0.6) is 0 Å². The summed E-state index contributed by atoms with van der Waals surface area (Å²) in [5.41, 5.74) is 0.826. The van der Waals surface area contributed by atoms with Gasteiger partial charge in [0.25, 0.3) is 0 Å². The molecule has 0 aromatic heterocycles. The first kappa shape index (κ1) is 7.64. The Morgan fingerprint density at radius 2 is 2.09 bits per heavy atom. The third-order valence-corrected chi connectivity index (χ3v) is 4.22. The molecule has 0 aromatic carbocycles. The molecule has 64 valence electrons. The number of fused-ring (bicyclic) bond motifs is 1. The van der Waals surface area contributed by atoms with E-state index in [4.69, 9.17) is 0 Å². The van der Waals surface area contributed by atoms with Crippen LogP contribution in [0.3, 0.4) is 0 Å². The smallest absolute Gasteiger partial charge is 0.0243 e. The second kappa shape index (κ2) is 2.24. The van der Waals surface area contributed by atoms with E-state index in [0.29, 0.717) is 0 Å². The maximum atomic E-state index is 2.42. The Balaban J connectivity index is 2.02. The number of hydrogen-bond donors (Lipinski definition) is 0. The average Bonchev–Trinajstić information content (AvgIpc) is 2.62. The first-order valence-corrected chi connectivity index (χ1v) is 5.15. The van der Waals surface area contributed by atoms with Gasteiger partial charge < -0.3 is 0 Å². The van der Waals surface area contributed by atoms with Crippen LogP contribution in [0.25, 0.3) is 0 Å². The van der Waals surface area contributed by atoms with Crippen LogP contribution in [0, 0.1) is 23.2 Å². The molecule has 2 aliphatic rings. The summed E-state index contributed by atoms with van der Waals surface area (Å²) < 4.78 is 0. The molecule has 3 atom stereocenters. The fourth-order valence-electron chi connectivity index (χ4n) is 3.14. The fraction of sp³-hybridized carbons (Fsp3) is 1.00. The van der Waals surface area contributed by atoms with E-state index < -0.39 is 0 Å². The van der Waals surface area contributed by atoms with Crippen LogP contribution in [0.1, 0.15) is 46.5 Å². The highest BCUT2D eigenvalue weighted by molar-refractivity contribution is 5.06. The second-order valence-electron chi connectivity index (χ2n) is 5.17. The largest absolute Gasteiger partial charge is 0.0625 e. The summed E-state index contributed by atoms with van der Waals surface area (Å²) in [6.45, 7) is 7.24. The summed E-state index contributed by atoms with van der Waals surface area (Å²) in [6.07, 6.45) is 6.10. The van der Waals surface area contributed by atoms with Crippen molar-refractivity contribution in [1.82, 2.24) is 0 Å². The van der Waals surface area contributed by atoms with Gasteiger partial charge >= 0.3 is 0 Å². The van der Waals surface area contributed by atoms with E-state index in [1.807, 2.05) is 0 Å². The molecule has 0 bridgehead atoms. The zero-order valence-electron chi connectivity index (χ0n) is 8.06. The molecule has 0 aliphatic heterocycles. The third-order valence-electron chi connectivity index (χ3n) is 4.22. The molecule has 0 radical (unpaired) electrons. The van der Waals surface area contributed by atoms with Gasteiger partial charge in [0.05, 0.1) is 0 Å². The van der Waals surface area contributed by atoms with E-state index in [9.17, 15) is 0 Å². The maximum Gasteiger partial charge on any atom is -0.0243 e. The molecule has 0 N–H and O–H groups in total. The molecule has 0 heterocycles. The number of rotatable bonds is 1. The van der Waals surface area contributed by atoms with Gasteiger partial charge in [-0.05, 0) is 42.4 Å². The van der Waals surface area contributed by atoms with Crippen molar-refractivity contribution in [3.05, 3.63) is 0 Å². The molecule has 0 spiro atoms. The molecule has 2 aliphatic carbocycles. The highest BCUT2D eigenvalue weighted by Crippen LogP contribution is 2.66. The molecule has 0 amide bonds. The van der Waals surface area contributed by atoms with E-state index in [1.165, 1.54) is 19.3 Å². The van der Waals surface area contributed by atoms with Crippen molar-refractivity contribution in [2.45, 2.75) is 46.5 Å². The van der Waals surface area contributed by atoms with Crippen molar-refractivity contribution < 1.29 is 0 Å². The minimum absolute atomic E-state index is 0.826. The molecule has 2 fully saturated rings. The first-order chi connectivity index (χ1) is 5.15. The van der Waals surface area contributed by atoms with Gasteiger partial charge in [0.15, 0.2) is 0 Å². The van der Waals surface area contributed by atoms with Crippen molar-refractivity contribution in [2.24, 2.45) is 23.2 Å². The first-order valence-electron chi connectivity index (χ1n) is 5.15. The summed E-state index contributed by atoms with van der Waals surface area (Å²) >= 11 is 0. The summed E-state index contributed by atoms with van der Waals surface area (Å²) in [4.78, 5) is 0. The lowest BCUT2D eigenvalue weighted by Gasteiger charge is -2.29. The molecule has 11 heavy (non-hydrogen) atoms. The van der Waals surface area contributed by atoms with Crippen LogP contribution in [-0.4, -0.2) is 0 Å². The molecule has 0 aromatic rings. The van der Waals surface area contributed by atoms with Gasteiger partial charge in [0.2, 0.25) is 0 Å². The Labute approximate surface area is 70.4 Å². The van der Waals surface area contributed by atoms with Crippen LogP contribution in [0.4, 0.5) is 0 Å². The Kier molecular flexibility index (Phi) is 1.56. The standard InChI is InChI=1S/C11H20/c1-8(2)11-5-4-9(3)6-10(11)7-11/h8-10H,4-7H2,1-3H3/t9-,10-,11+/m0/s1. The van der Waals surface area contributed by atoms with Crippen LogP contribution in [-0.2, 0) is 0 Å². The Morgan fingerprint density at radius 3 is 2.64 bits per heavy atom.